The Hall–Kier alpha value is -4.43. The van der Waals surface area contributed by atoms with Gasteiger partial charge in [0.25, 0.3) is 17.1 Å². The molecule has 0 atom stereocenters. The Kier molecular flexibility index (Phi) is 14.1. The predicted octanol–water partition coefficient (Wildman–Crippen LogP) is 5.22. The van der Waals surface area contributed by atoms with Crippen molar-refractivity contribution in [1.29, 1.82) is 0 Å². The summed E-state index contributed by atoms with van der Waals surface area (Å²) in [5.41, 5.74) is 1.17. The summed E-state index contributed by atoms with van der Waals surface area (Å²) in [5, 5.41) is 7.65. The number of aryl methyl sites for hydroxylation is 1. The van der Waals surface area contributed by atoms with Crippen LogP contribution in [0.3, 0.4) is 0 Å². The second kappa shape index (κ2) is 18.7. The first kappa shape index (κ1) is 40.7. The minimum Gasteiger partial charge on any atom is -0.477 e. The van der Waals surface area contributed by atoms with E-state index in [0.717, 1.165) is 76.9 Å². The van der Waals surface area contributed by atoms with Gasteiger partial charge in [-0.15, -0.1) is 0 Å². The number of fused-ring (bicyclic) bond motifs is 2. The number of unbranched alkanes of at least 4 members (excludes halogenated alkanes) is 2. The number of aliphatic hydroxyl groups is 1. The summed E-state index contributed by atoms with van der Waals surface area (Å²) in [6.07, 6.45) is 12.8. The van der Waals surface area contributed by atoms with Crippen LogP contribution in [0.25, 0.3) is 11.2 Å². The summed E-state index contributed by atoms with van der Waals surface area (Å²) in [6, 6.07) is 7.88. The average molecular weight is 768 g/mol. The van der Waals surface area contributed by atoms with Crippen molar-refractivity contribution in [3.8, 4) is 6.01 Å². The molecule has 0 saturated heterocycles. The van der Waals surface area contributed by atoms with Crippen molar-refractivity contribution in [3.05, 3.63) is 82.1 Å². The summed E-state index contributed by atoms with van der Waals surface area (Å²) in [7, 11) is 4.33. The second-order valence-electron chi connectivity index (χ2n) is 14.1. The van der Waals surface area contributed by atoms with E-state index >= 15 is 0 Å². The Morgan fingerprint density at radius 2 is 1.30 bits per heavy atom. The number of benzene rings is 1. The van der Waals surface area contributed by atoms with Crippen molar-refractivity contribution in [2.24, 2.45) is 19.1 Å². The van der Waals surface area contributed by atoms with E-state index in [0.29, 0.717) is 65.5 Å². The third-order valence-corrected chi connectivity index (χ3v) is 10.5. The van der Waals surface area contributed by atoms with E-state index in [1.807, 2.05) is 38.1 Å². The fraction of sp³-hybridized carbons (Fsp3) is 0.590. The SMILES string of the molecule is CCCCn1c(=O)c2c(n(C)c1=O)N=C(OC1CCCC1)C2.CCCCn1c(=O)c2c(nc(OC3CCCC3)n2Cc2ccc(Cl)cc2)n(C)c1=O.CO. The first-order valence-electron chi connectivity index (χ1n) is 19.2. The number of hydrogen-bond donors (Lipinski definition) is 1. The summed E-state index contributed by atoms with van der Waals surface area (Å²) >= 11 is 6.03. The quantitative estimate of drug-likeness (QED) is 0.218. The monoisotopic (exact) mass is 767 g/mol. The van der Waals surface area contributed by atoms with E-state index in [9.17, 15) is 19.2 Å². The van der Waals surface area contributed by atoms with Gasteiger partial charge < -0.3 is 14.6 Å². The molecule has 1 aliphatic heterocycles. The number of rotatable bonds is 11. The van der Waals surface area contributed by atoms with Crippen LogP contribution in [0.2, 0.25) is 5.02 Å². The molecule has 4 heterocycles. The van der Waals surface area contributed by atoms with Crippen molar-refractivity contribution >= 4 is 34.5 Å². The number of hydrogen-bond acceptors (Lipinski definition) is 9. The van der Waals surface area contributed by atoms with E-state index in [2.05, 4.69) is 9.98 Å². The molecule has 2 fully saturated rings. The van der Waals surface area contributed by atoms with Crippen LogP contribution in [0.15, 0.2) is 48.4 Å². The molecule has 3 aromatic heterocycles. The maximum atomic E-state index is 13.3. The molecule has 1 aromatic carbocycles. The van der Waals surface area contributed by atoms with Crippen molar-refractivity contribution < 1.29 is 14.6 Å². The highest BCUT2D eigenvalue weighted by atomic mass is 35.5. The normalized spacial score (nSPS) is 15.4. The van der Waals surface area contributed by atoms with Gasteiger partial charge in [-0.1, -0.05) is 50.4 Å². The molecule has 54 heavy (non-hydrogen) atoms. The highest BCUT2D eigenvalue weighted by Gasteiger charge is 2.28. The first-order chi connectivity index (χ1) is 26.1. The molecule has 2 aliphatic carbocycles. The fourth-order valence-corrected chi connectivity index (χ4v) is 7.36. The van der Waals surface area contributed by atoms with Gasteiger partial charge in [0.05, 0.1) is 18.5 Å². The lowest BCUT2D eigenvalue weighted by Crippen LogP contribution is -2.40. The number of aliphatic imine (C=N–C) groups is 1. The van der Waals surface area contributed by atoms with Crippen molar-refractivity contribution in [2.75, 3.05) is 7.11 Å². The van der Waals surface area contributed by atoms with Gasteiger partial charge in [0.1, 0.15) is 18.0 Å². The molecule has 4 aromatic rings. The summed E-state index contributed by atoms with van der Waals surface area (Å²) in [5.74, 6) is 1.05. The smallest absolute Gasteiger partial charge is 0.332 e. The lowest BCUT2D eigenvalue weighted by atomic mass is 10.2. The Morgan fingerprint density at radius 1 is 0.759 bits per heavy atom. The Morgan fingerprint density at radius 3 is 1.87 bits per heavy atom. The Labute approximate surface area is 319 Å². The zero-order valence-corrected chi connectivity index (χ0v) is 32.9. The number of aromatic nitrogens is 6. The lowest BCUT2D eigenvalue weighted by molar-refractivity contribution is 0.186. The average Bonchev–Trinajstić information content (AvgIpc) is 4.01. The summed E-state index contributed by atoms with van der Waals surface area (Å²) in [4.78, 5) is 60.0. The summed E-state index contributed by atoms with van der Waals surface area (Å²) < 4.78 is 19.5. The van der Waals surface area contributed by atoms with Gasteiger partial charge in [-0.05, 0) is 81.9 Å². The van der Waals surface area contributed by atoms with Crippen LogP contribution in [0.4, 0.5) is 5.82 Å². The number of aliphatic hydroxyl groups excluding tert-OH is 1. The Bertz CT molecular complexity index is 2170. The largest absolute Gasteiger partial charge is 0.477 e. The van der Waals surface area contributed by atoms with Crippen LogP contribution in [-0.2, 0) is 44.9 Å². The lowest BCUT2D eigenvalue weighted by Gasteiger charge is -2.14. The molecule has 3 aliphatic rings. The zero-order valence-electron chi connectivity index (χ0n) is 32.2. The van der Waals surface area contributed by atoms with E-state index in [1.54, 1.807) is 18.7 Å². The van der Waals surface area contributed by atoms with Crippen LogP contribution in [0, 0.1) is 0 Å². The minimum absolute atomic E-state index is 0.0881. The topological polar surface area (TPSA) is 157 Å². The van der Waals surface area contributed by atoms with Crippen LogP contribution in [-0.4, -0.2) is 58.1 Å². The fourth-order valence-electron chi connectivity index (χ4n) is 7.23. The number of nitrogens with zero attached hydrogens (tertiary/aromatic N) is 7. The van der Waals surface area contributed by atoms with Crippen LogP contribution < -0.4 is 27.2 Å². The van der Waals surface area contributed by atoms with Crippen LogP contribution in [0.1, 0.15) is 102 Å². The molecule has 0 radical (unpaired) electrons. The van der Waals surface area contributed by atoms with Gasteiger partial charge in [-0.3, -0.25) is 32.4 Å². The molecule has 2 saturated carbocycles. The number of ether oxygens (including phenoxy) is 2. The van der Waals surface area contributed by atoms with E-state index in [-0.39, 0.29) is 34.7 Å². The molecule has 14 nitrogen and oxygen atoms in total. The highest BCUT2D eigenvalue weighted by molar-refractivity contribution is 6.30. The van der Waals surface area contributed by atoms with Gasteiger partial charge in [-0.2, -0.15) is 9.98 Å². The standard InChI is InChI=1S/C22H27ClN4O3.C16H23N3O3.CH4O/c1-3-4-13-26-20(28)18-19(25(2)22(26)29)24-21(30-17-7-5-6-8-17)27(18)14-15-9-11-16(23)12-10-15;1-3-4-9-19-15(20)12-10-13(22-11-7-5-6-8-11)17-14(12)18(2)16(19)21;1-2/h9-12,17H,3-8,13-14H2,1-2H3;11H,3-10H2,1-2H3;2H,1H3. The van der Waals surface area contributed by atoms with Gasteiger partial charge in [0.2, 0.25) is 0 Å². The number of imidazole rings is 1. The molecule has 294 valence electrons. The van der Waals surface area contributed by atoms with E-state index in [1.165, 1.54) is 31.1 Å². The molecular formula is C39H54ClN7O7. The maximum absolute atomic E-state index is 13.3. The van der Waals surface area contributed by atoms with E-state index in [4.69, 9.17) is 26.2 Å². The minimum atomic E-state index is -0.343. The van der Waals surface area contributed by atoms with Gasteiger partial charge >= 0.3 is 11.4 Å². The molecule has 0 unspecified atom stereocenters. The molecule has 0 amide bonds. The highest BCUT2D eigenvalue weighted by Crippen LogP contribution is 2.28. The Balaban J connectivity index is 0.000000207. The predicted molar refractivity (Wildman–Crippen MR) is 211 cm³/mol. The molecule has 1 N–H and O–H groups in total. The molecule has 0 bridgehead atoms. The maximum Gasteiger partial charge on any atom is 0.332 e. The third-order valence-electron chi connectivity index (χ3n) is 10.3. The van der Waals surface area contributed by atoms with Gasteiger partial charge in [0.15, 0.2) is 17.1 Å². The molecule has 7 rings (SSSR count). The van der Waals surface area contributed by atoms with Crippen molar-refractivity contribution in [2.45, 2.75) is 129 Å². The third kappa shape index (κ3) is 8.92. The van der Waals surface area contributed by atoms with Crippen molar-refractivity contribution in [1.82, 2.24) is 27.8 Å². The molecular weight excluding hydrogens is 714 g/mol. The first-order valence-corrected chi connectivity index (χ1v) is 19.6. The van der Waals surface area contributed by atoms with Crippen molar-refractivity contribution in [3.63, 3.8) is 0 Å². The second-order valence-corrected chi connectivity index (χ2v) is 14.6. The number of halogens is 1. The van der Waals surface area contributed by atoms with Gasteiger partial charge in [0, 0.05) is 39.3 Å². The zero-order chi connectivity index (χ0) is 38.9. The van der Waals surface area contributed by atoms with Gasteiger partial charge in [-0.25, -0.2) is 9.59 Å². The molecule has 15 heteroatoms. The summed E-state index contributed by atoms with van der Waals surface area (Å²) in [6.45, 7) is 5.35. The van der Waals surface area contributed by atoms with Crippen LogP contribution >= 0.6 is 11.6 Å². The molecule has 0 spiro atoms. The van der Waals surface area contributed by atoms with E-state index < -0.39 is 0 Å². The van der Waals surface area contributed by atoms with Crippen LogP contribution in [0.5, 0.6) is 6.01 Å².